The minimum absolute atomic E-state index is 0. The number of anilines is 1. The van der Waals surface area contributed by atoms with Gasteiger partial charge < -0.3 is 10.0 Å². The molecule has 0 saturated carbocycles. The molecule has 1 saturated heterocycles. The monoisotopic (exact) mass is 380 g/mol. The van der Waals surface area contributed by atoms with Gasteiger partial charge in [-0.2, -0.15) is 13.2 Å². The van der Waals surface area contributed by atoms with Crippen LogP contribution in [0.3, 0.4) is 0 Å². The van der Waals surface area contributed by atoms with E-state index in [-0.39, 0.29) is 18.3 Å². The summed E-state index contributed by atoms with van der Waals surface area (Å²) in [4.78, 5) is 24.9. The first kappa shape index (κ1) is 21.2. The van der Waals surface area contributed by atoms with E-state index in [1.807, 2.05) is 6.92 Å². The number of carboxylic acid groups (broad SMARTS) is 1. The first-order chi connectivity index (χ1) is 11.2. The van der Waals surface area contributed by atoms with Gasteiger partial charge in [-0.25, -0.2) is 0 Å². The Morgan fingerprint density at radius 2 is 1.96 bits per heavy atom. The lowest BCUT2D eigenvalue weighted by Crippen LogP contribution is -2.47. The molecule has 1 aliphatic heterocycles. The predicted molar refractivity (Wildman–Crippen MR) is 88.9 cm³/mol. The highest BCUT2D eigenvalue weighted by Gasteiger charge is 2.36. The number of aliphatic carboxylic acids is 1. The molecule has 25 heavy (non-hydrogen) atoms. The Labute approximate surface area is 149 Å². The van der Waals surface area contributed by atoms with E-state index < -0.39 is 29.8 Å². The van der Waals surface area contributed by atoms with E-state index in [2.05, 4.69) is 5.32 Å². The smallest absolute Gasteiger partial charge is 0.416 e. The van der Waals surface area contributed by atoms with Crippen molar-refractivity contribution in [1.29, 1.82) is 0 Å². The summed E-state index contributed by atoms with van der Waals surface area (Å²) in [5.74, 6) is -1.34. The lowest BCUT2D eigenvalue weighted by molar-refractivity contribution is -0.140. The van der Waals surface area contributed by atoms with Gasteiger partial charge in [-0.3, -0.25) is 14.9 Å². The standard InChI is InChI=1S/C16H19F3N2O3.ClH/c1-2-3-13(15(23)24)20-12-8-9-21(14(12)22)11-6-4-10(5-7-11)16(17,18)19;/h4-7,12-13,20H,2-3,8-9H2,1H3,(H,23,24);1H. The fourth-order valence-corrected chi connectivity index (χ4v) is 2.73. The number of nitrogens with zero attached hydrogens (tertiary/aromatic N) is 1. The van der Waals surface area contributed by atoms with Crippen molar-refractivity contribution in [2.75, 3.05) is 11.4 Å². The van der Waals surface area contributed by atoms with Gasteiger partial charge in [0.05, 0.1) is 11.6 Å². The first-order valence-electron chi connectivity index (χ1n) is 7.71. The van der Waals surface area contributed by atoms with Gasteiger partial charge in [-0.15, -0.1) is 12.4 Å². The molecule has 2 rings (SSSR count). The molecule has 0 spiro atoms. The van der Waals surface area contributed by atoms with Gasteiger partial charge in [0.1, 0.15) is 6.04 Å². The fourth-order valence-electron chi connectivity index (χ4n) is 2.73. The third kappa shape index (κ3) is 5.09. The number of nitrogens with one attached hydrogen (secondary N) is 1. The molecule has 2 N–H and O–H groups in total. The maximum Gasteiger partial charge on any atom is 0.416 e. The molecular weight excluding hydrogens is 361 g/mol. The van der Waals surface area contributed by atoms with Crippen molar-refractivity contribution < 1.29 is 27.9 Å². The molecule has 1 aromatic rings. The maximum absolute atomic E-state index is 12.6. The van der Waals surface area contributed by atoms with Gasteiger partial charge in [0, 0.05) is 12.2 Å². The number of hydrogen-bond donors (Lipinski definition) is 2. The summed E-state index contributed by atoms with van der Waals surface area (Å²) < 4.78 is 37.7. The van der Waals surface area contributed by atoms with Crippen LogP contribution in [0.1, 0.15) is 31.7 Å². The Hall–Kier alpha value is -1.80. The van der Waals surface area contributed by atoms with E-state index in [1.54, 1.807) is 0 Å². The molecule has 1 aromatic carbocycles. The second-order valence-electron chi connectivity index (χ2n) is 5.72. The molecule has 1 amide bonds. The highest BCUT2D eigenvalue weighted by Crippen LogP contribution is 2.31. The van der Waals surface area contributed by atoms with Crippen LogP contribution in [0.5, 0.6) is 0 Å². The van der Waals surface area contributed by atoms with Crippen molar-refractivity contribution >= 4 is 30.0 Å². The number of carboxylic acids is 1. The molecule has 140 valence electrons. The largest absolute Gasteiger partial charge is 0.480 e. The van der Waals surface area contributed by atoms with Crippen LogP contribution in [0, 0.1) is 0 Å². The summed E-state index contributed by atoms with van der Waals surface area (Å²) in [7, 11) is 0. The number of benzene rings is 1. The van der Waals surface area contributed by atoms with Gasteiger partial charge in [-0.1, -0.05) is 13.3 Å². The number of hydrogen-bond acceptors (Lipinski definition) is 3. The number of rotatable bonds is 6. The molecule has 1 fully saturated rings. The van der Waals surface area contributed by atoms with Crippen molar-refractivity contribution in [2.24, 2.45) is 0 Å². The molecule has 0 aliphatic carbocycles. The summed E-state index contributed by atoms with van der Waals surface area (Å²) in [6, 6.07) is 2.92. The predicted octanol–water partition coefficient (Wildman–Crippen LogP) is 3.08. The summed E-state index contributed by atoms with van der Waals surface area (Å²) in [5, 5.41) is 12.0. The van der Waals surface area contributed by atoms with Crippen molar-refractivity contribution in [3.8, 4) is 0 Å². The molecule has 0 radical (unpaired) electrons. The van der Waals surface area contributed by atoms with Crippen LogP contribution >= 0.6 is 12.4 Å². The number of carbonyl (C=O) groups is 2. The topological polar surface area (TPSA) is 69.6 Å². The van der Waals surface area contributed by atoms with Gasteiger partial charge >= 0.3 is 12.1 Å². The van der Waals surface area contributed by atoms with Crippen LogP contribution in [0.25, 0.3) is 0 Å². The zero-order chi connectivity index (χ0) is 17.9. The van der Waals surface area contributed by atoms with E-state index in [1.165, 1.54) is 17.0 Å². The Kier molecular flexibility index (Phi) is 7.25. The van der Waals surface area contributed by atoms with Crippen LogP contribution in [0.2, 0.25) is 0 Å². The van der Waals surface area contributed by atoms with Crippen molar-refractivity contribution in [3.05, 3.63) is 29.8 Å². The van der Waals surface area contributed by atoms with Crippen molar-refractivity contribution in [3.63, 3.8) is 0 Å². The summed E-state index contributed by atoms with van der Waals surface area (Å²) in [6.07, 6.45) is -2.95. The molecule has 0 bridgehead atoms. The van der Waals surface area contributed by atoms with Gasteiger partial charge in [0.25, 0.3) is 0 Å². The fraction of sp³-hybridized carbons (Fsp3) is 0.500. The van der Waals surface area contributed by atoms with Gasteiger partial charge in [-0.05, 0) is 37.1 Å². The van der Waals surface area contributed by atoms with Crippen molar-refractivity contribution in [2.45, 2.75) is 44.4 Å². The minimum Gasteiger partial charge on any atom is -0.480 e. The second-order valence-corrected chi connectivity index (χ2v) is 5.72. The highest BCUT2D eigenvalue weighted by atomic mass is 35.5. The number of halogens is 4. The highest BCUT2D eigenvalue weighted by molar-refractivity contribution is 5.99. The Morgan fingerprint density at radius 1 is 1.36 bits per heavy atom. The van der Waals surface area contributed by atoms with E-state index in [9.17, 15) is 22.8 Å². The molecule has 2 atom stereocenters. The summed E-state index contributed by atoms with van der Waals surface area (Å²) >= 11 is 0. The second kappa shape index (κ2) is 8.53. The zero-order valence-corrected chi connectivity index (χ0v) is 14.4. The average molecular weight is 381 g/mol. The van der Waals surface area contributed by atoms with Crippen LogP contribution in [0.4, 0.5) is 18.9 Å². The molecule has 5 nitrogen and oxygen atoms in total. The van der Waals surface area contributed by atoms with Gasteiger partial charge in [0.2, 0.25) is 5.91 Å². The minimum atomic E-state index is -4.42. The van der Waals surface area contributed by atoms with E-state index in [0.717, 1.165) is 12.1 Å². The zero-order valence-electron chi connectivity index (χ0n) is 13.5. The van der Waals surface area contributed by atoms with Gasteiger partial charge in [0.15, 0.2) is 0 Å². The first-order valence-corrected chi connectivity index (χ1v) is 7.71. The quantitative estimate of drug-likeness (QED) is 0.795. The van der Waals surface area contributed by atoms with E-state index in [0.29, 0.717) is 31.5 Å². The molecule has 1 heterocycles. The molecule has 1 aliphatic rings. The molecular formula is C16H20ClF3N2O3. The van der Waals surface area contributed by atoms with E-state index >= 15 is 0 Å². The van der Waals surface area contributed by atoms with Crippen LogP contribution < -0.4 is 10.2 Å². The molecule has 2 unspecified atom stereocenters. The normalized spacial score (nSPS) is 18.8. The van der Waals surface area contributed by atoms with Crippen LogP contribution in [-0.4, -0.2) is 35.6 Å². The van der Waals surface area contributed by atoms with Crippen LogP contribution in [-0.2, 0) is 15.8 Å². The Morgan fingerprint density at radius 3 is 2.44 bits per heavy atom. The number of alkyl halides is 3. The number of amides is 1. The molecule has 0 aromatic heterocycles. The Balaban J connectivity index is 0.00000312. The summed E-state index contributed by atoms with van der Waals surface area (Å²) in [6.45, 7) is 2.18. The molecule has 9 heteroatoms. The average Bonchev–Trinajstić information content (AvgIpc) is 2.87. The Bertz CT molecular complexity index is 608. The maximum atomic E-state index is 12.6. The lowest BCUT2D eigenvalue weighted by Gasteiger charge is -2.20. The van der Waals surface area contributed by atoms with E-state index in [4.69, 9.17) is 5.11 Å². The van der Waals surface area contributed by atoms with Crippen LogP contribution in [0.15, 0.2) is 24.3 Å². The third-order valence-corrected chi connectivity index (χ3v) is 3.99. The third-order valence-electron chi connectivity index (χ3n) is 3.99. The van der Waals surface area contributed by atoms with Crippen molar-refractivity contribution in [1.82, 2.24) is 5.32 Å². The summed E-state index contributed by atoms with van der Waals surface area (Å²) in [5.41, 5.74) is -0.402. The number of carbonyl (C=O) groups excluding carboxylic acids is 1. The SMILES string of the molecule is CCCC(NC1CCN(c2ccc(C(F)(F)F)cc2)C1=O)C(=O)O.Cl. The lowest BCUT2D eigenvalue weighted by atomic mass is 10.1.